The summed E-state index contributed by atoms with van der Waals surface area (Å²) in [5.74, 6) is 0.777. The number of hydrogen-bond donors (Lipinski definition) is 1. The number of para-hydroxylation sites is 1. The molecule has 0 aromatic heterocycles. The van der Waals surface area contributed by atoms with Gasteiger partial charge < -0.3 is 9.84 Å². The summed E-state index contributed by atoms with van der Waals surface area (Å²) in [5, 5.41) is 14.9. The molecule has 0 unspecified atom stereocenters. The van der Waals surface area contributed by atoms with Gasteiger partial charge in [-0.3, -0.25) is 0 Å². The Balaban J connectivity index is 1.74. The van der Waals surface area contributed by atoms with Crippen molar-refractivity contribution in [2.45, 2.75) is 6.10 Å². The summed E-state index contributed by atoms with van der Waals surface area (Å²) in [6.07, 6.45) is 0.0249. The van der Waals surface area contributed by atoms with Crippen LogP contribution < -0.4 is 20.7 Å². The van der Waals surface area contributed by atoms with E-state index in [0.717, 1.165) is 5.75 Å². The molecule has 0 amide bonds. The first-order valence-electron chi connectivity index (χ1n) is 10.2. The molecule has 0 heterocycles. The molecular weight excluding hydrogens is 387 g/mol. The summed E-state index contributed by atoms with van der Waals surface area (Å²) in [6, 6.07) is 41.5. The zero-order chi connectivity index (χ0) is 20.7. The molecule has 150 valence electrons. The van der Waals surface area contributed by atoms with Gasteiger partial charge in [-0.1, -0.05) is 72.8 Å². The van der Waals surface area contributed by atoms with Crippen LogP contribution in [0.4, 0.5) is 0 Å². The molecule has 0 spiro atoms. The van der Waals surface area contributed by atoms with E-state index in [2.05, 4.69) is 72.8 Å². The van der Waals surface area contributed by atoms with Gasteiger partial charge in [0.1, 0.15) is 47.8 Å². The van der Waals surface area contributed by atoms with Gasteiger partial charge in [-0.15, -0.1) is 0 Å². The van der Waals surface area contributed by atoms with Crippen LogP contribution in [0.5, 0.6) is 5.75 Å². The third kappa shape index (κ3) is 4.46. The Hall–Kier alpha value is -2.93. The Morgan fingerprint density at radius 3 is 1.33 bits per heavy atom. The summed E-state index contributed by atoms with van der Waals surface area (Å²) < 4.78 is 5.89. The smallest absolute Gasteiger partial charge is 0.123 e. The molecule has 4 aromatic rings. The lowest BCUT2D eigenvalue weighted by molar-refractivity contribution is 0.125. The van der Waals surface area contributed by atoms with E-state index >= 15 is 0 Å². The highest BCUT2D eigenvalue weighted by Gasteiger charge is 2.46. The van der Waals surface area contributed by atoms with Crippen molar-refractivity contribution in [2.75, 3.05) is 12.8 Å². The van der Waals surface area contributed by atoms with Crippen LogP contribution >= 0.6 is 7.26 Å². The molecule has 0 aliphatic carbocycles. The van der Waals surface area contributed by atoms with Crippen LogP contribution in [0.15, 0.2) is 121 Å². The zero-order valence-electron chi connectivity index (χ0n) is 16.8. The Bertz CT molecular complexity index is 925. The number of aliphatic hydroxyl groups excluding tert-OH is 1. The van der Waals surface area contributed by atoms with E-state index in [0.29, 0.717) is 6.16 Å². The molecule has 4 aromatic carbocycles. The molecule has 4 rings (SSSR count). The van der Waals surface area contributed by atoms with Gasteiger partial charge in [-0.05, 0) is 48.5 Å². The van der Waals surface area contributed by atoms with E-state index in [4.69, 9.17) is 4.74 Å². The number of benzene rings is 4. The van der Waals surface area contributed by atoms with E-state index < -0.39 is 13.4 Å². The standard InChI is InChI=1S/C27H26O2P/c28-23(21-29-24-13-5-1-6-14-24)22-30(25-15-7-2-8-16-25,26-17-9-3-10-18-26)27-19-11-4-12-20-27/h1-20,23,28H,21-22H2/q+1/t23-/m1/s1. The van der Waals surface area contributed by atoms with Gasteiger partial charge in [0.05, 0.1) is 0 Å². The Kier molecular flexibility index (Phi) is 6.59. The summed E-state index contributed by atoms with van der Waals surface area (Å²) in [6.45, 7) is 0.262. The van der Waals surface area contributed by atoms with E-state index in [-0.39, 0.29) is 6.61 Å². The highest BCUT2D eigenvalue weighted by atomic mass is 31.2. The first-order valence-corrected chi connectivity index (χ1v) is 12.2. The van der Waals surface area contributed by atoms with Crippen LogP contribution in [0, 0.1) is 0 Å². The normalized spacial score (nSPS) is 12.3. The molecule has 1 N–H and O–H groups in total. The van der Waals surface area contributed by atoms with Gasteiger partial charge in [0.15, 0.2) is 0 Å². The second-order valence-corrected chi connectivity index (χ2v) is 10.8. The molecule has 0 fully saturated rings. The number of ether oxygens (including phenoxy) is 1. The fourth-order valence-corrected chi connectivity index (χ4v) is 8.20. The van der Waals surface area contributed by atoms with Crippen LogP contribution in [0.2, 0.25) is 0 Å². The summed E-state index contributed by atoms with van der Waals surface area (Å²) in [4.78, 5) is 0. The molecule has 0 saturated carbocycles. The topological polar surface area (TPSA) is 29.5 Å². The quantitative estimate of drug-likeness (QED) is 0.434. The molecule has 0 bridgehead atoms. The van der Waals surface area contributed by atoms with Crippen molar-refractivity contribution in [3.05, 3.63) is 121 Å². The first-order chi connectivity index (χ1) is 14.8. The molecule has 2 nitrogen and oxygen atoms in total. The molecule has 30 heavy (non-hydrogen) atoms. The molecule has 0 saturated heterocycles. The van der Waals surface area contributed by atoms with Crippen molar-refractivity contribution in [1.82, 2.24) is 0 Å². The average Bonchev–Trinajstić information content (AvgIpc) is 2.83. The zero-order valence-corrected chi connectivity index (χ0v) is 17.7. The second kappa shape index (κ2) is 9.71. The Labute approximate surface area is 179 Å². The molecule has 0 radical (unpaired) electrons. The number of aliphatic hydroxyl groups is 1. The van der Waals surface area contributed by atoms with E-state index in [9.17, 15) is 5.11 Å². The van der Waals surface area contributed by atoms with Gasteiger partial charge >= 0.3 is 0 Å². The molecule has 0 aliphatic rings. The van der Waals surface area contributed by atoms with Crippen molar-refractivity contribution in [1.29, 1.82) is 0 Å². The molecule has 1 atom stereocenters. The summed E-state index contributed by atoms with van der Waals surface area (Å²) in [5.41, 5.74) is 0. The Morgan fingerprint density at radius 2 is 0.933 bits per heavy atom. The van der Waals surface area contributed by atoms with Gasteiger partial charge in [-0.25, -0.2) is 0 Å². The van der Waals surface area contributed by atoms with Gasteiger partial charge in [-0.2, -0.15) is 0 Å². The molecular formula is C27H26O2P+. The van der Waals surface area contributed by atoms with Crippen LogP contribution in [-0.2, 0) is 0 Å². The van der Waals surface area contributed by atoms with Crippen LogP contribution in [0.3, 0.4) is 0 Å². The highest BCUT2D eigenvalue weighted by Crippen LogP contribution is 2.55. The van der Waals surface area contributed by atoms with Crippen molar-refractivity contribution < 1.29 is 9.84 Å². The predicted molar refractivity (Wildman–Crippen MR) is 128 cm³/mol. The fourth-order valence-electron chi connectivity index (χ4n) is 3.89. The average molecular weight is 413 g/mol. The lowest BCUT2D eigenvalue weighted by Gasteiger charge is -2.29. The third-order valence-electron chi connectivity index (χ3n) is 5.26. The predicted octanol–water partition coefficient (Wildman–Crippen LogP) is 4.42. The minimum absolute atomic E-state index is 0.262. The lowest BCUT2D eigenvalue weighted by atomic mass is 10.3. The summed E-state index contributed by atoms with van der Waals surface area (Å²) >= 11 is 0. The van der Waals surface area contributed by atoms with Crippen LogP contribution in [-0.4, -0.2) is 24.0 Å². The van der Waals surface area contributed by atoms with Crippen molar-refractivity contribution >= 4 is 23.2 Å². The van der Waals surface area contributed by atoms with E-state index in [1.54, 1.807) is 0 Å². The van der Waals surface area contributed by atoms with Gasteiger partial charge in [0.25, 0.3) is 0 Å². The van der Waals surface area contributed by atoms with Gasteiger partial charge in [0.2, 0.25) is 0 Å². The number of hydrogen-bond acceptors (Lipinski definition) is 2. The minimum Gasteiger partial charge on any atom is -0.491 e. The largest absolute Gasteiger partial charge is 0.491 e. The summed E-state index contributed by atoms with van der Waals surface area (Å²) in [7, 11) is -2.06. The Morgan fingerprint density at radius 1 is 0.567 bits per heavy atom. The lowest BCUT2D eigenvalue weighted by Crippen LogP contribution is -2.38. The van der Waals surface area contributed by atoms with E-state index in [1.165, 1.54) is 15.9 Å². The maximum Gasteiger partial charge on any atom is 0.123 e. The maximum absolute atomic E-state index is 11.1. The molecule has 0 aliphatic heterocycles. The monoisotopic (exact) mass is 413 g/mol. The van der Waals surface area contributed by atoms with Crippen LogP contribution in [0.1, 0.15) is 0 Å². The van der Waals surface area contributed by atoms with Crippen LogP contribution in [0.25, 0.3) is 0 Å². The highest BCUT2D eigenvalue weighted by molar-refractivity contribution is 7.95. The molecule has 3 heteroatoms. The van der Waals surface area contributed by atoms with Crippen molar-refractivity contribution in [3.63, 3.8) is 0 Å². The first kappa shape index (κ1) is 20.3. The van der Waals surface area contributed by atoms with E-state index in [1.807, 2.05) is 48.5 Å². The van der Waals surface area contributed by atoms with Crippen molar-refractivity contribution in [2.24, 2.45) is 0 Å². The third-order valence-corrected chi connectivity index (χ3v) is 9.77. The SMILES string of the molecule is O[C@H](COc1ccccc1)C[P+](c1ccccc1)(c1ccccc1)c1ccccc1. The van der Waals surface area contributed by atoms with Crippen molar-refractivity contribution in [3.8, 4) is 5.75 Å². The number of rotatable bonds is 8. The minimum atomic E-state index is -2.06. The maximum atomic E-state index is 11.1. The second-order valence-electron chi connectivity index (χ2n) is 7.28. The fraction of sp³-hybridized carbons (Fsp3) is 0.111. The van der Waals surface area contributed by atoms with Gasteiger partial charge in [0, 0.05) is 0 Å².